The number of hydrogen-bond acceptors (Lipinski definition) is 6. The van der Waals surface area contributed by atoms with E-state index in [9.17, 15) is 4.79 Å². The van der Waals surface area contributed by atoms with E-state index >= 15 is 0 Å². The first kappa shape index (κ1) is 17.0. The van der Waals surface area contributed by atoms with Gasteiger partial charge in [-0.3, -0.25) is 4.79 Å². The van der Waals surface area contributed by atoms with Gasteiger partial charge in [-0.1, -0.05) is 17.3 Å². The van der Waals surface area contributed by atoms with Gasteiger partial charge >= 0.3 is 0 Å². The number of nitrogens with one attached hydrogen (secondary N) is 1. The van der Waals surface area contributed by atoms with E-state index in [0.29, 0.717) is 22.0 Å². The molecule has 6 nitrogen and oxygen atoms in total. The van der Waals surface area contributed by atoms with E-state index < -0.39 is 0 Å². The maximum absolute atomic E-state index is 12.3. The molecule has 0 aliphatic rings. The Hall–Kier alpha value is -2.80. The standard InChI is InChI=1S/C18H17N3O3S/c1-23-14-6-3-5-12(9-14)16-10-13(21-24-16)11-20-17(22)15-7-4-8-19-18(15)25-2/h3-10H,11H2,1-2H3,(H,20,22). The van der Waals surface area contributed by atoms with Gasteiger partial charge in [-0.2, -0.15) is 0 Å². The number of rotatable bonds is 6. The van der Waals surface area contributed by atoms with Crippen LogP contribution >= 0.6 is 11.8 Å². The Morgan fingerprint density at radius 3 is 2.96 bits per heavy atom. The monoisotopic (exact) mass is 355 g/mol. The van der Waals surface area contributed by atoms with E-state index in [1.165, 1.54) is 11.8 Å². The Bertz CT molecular complexity index is 879. The molecule has 128 valence electrons. The molecule has 1 amide bonds. The van der Waals surface area contributed by atoms with Crippen LogP contribution < -0.4 is 10.1 Å². The number of carbonyl (C=O) groups excluding carboxylic acids is 1. The number of benzene rings is 1. The van der Waals surface area contributed by atoms with Gasteiger partial charge in [0.05, 0.1) is 19.2 Å². The molecule has 25 heavy (non-hydrogen) atoms. The molecule has 0 radical (unpaired) electrons. The Morgan fingerprint density at radius 2 is 2.16 bits per heavy atom. The molecule has 0 unspecified atom stereocenters. The number of ether oxygens (including phenoxy) is 1. The minimum absolute atomic E-state index is 0.191. The molecule has 7 heteroatoms. The molecule has 2 aromatic heterocycles. The van der Waals surface area contributed by atoms with Crippen LogP contribution in [0.2, 0.25) is 0 Å². The number of aromatic nitrogens is 2. The van der Waals surface area contributed by atoms with Gasteiger partial charge in [-0.25, -0.2) is 4.98 Å². The van der Waals surface area contributed by atoms with Crippen molar-refractivity contribution in [2.45, 2.75) is 11.6 Å². The minimum atomic E-state index is -0.191. The number of methoxy groups -OCH3 is 1. The summed E-state index contributed by atoms with van der Waals surface area (Å²) < 4.78 is 10.6. The average molecular weight is 355 g/mol. The SMILES string of the molecule is COc1cccc(-c2cc(CNC(=O)c3cccnc3SC)no2)c1. The van der Waals surface area contributed by atoms with Crippen molar-refractivity contribution in [1.82, 2.24) is 15.5 Å². The van der Waals surface area contributed by atoms with Gasteiger partial charge in [0.1, 0.15) is 16.5 Å². The first-order valence-electron chi connectivity index (χ1n) is 7.58. The Morgan fingerprint density at radius 1 is 1.28 bits per heavy atom. The molecule has 0 bridgehead atoms. The van der Waals surface area contributed by atoms with Crippen LogP contribution in [0, 0.1) is 0 Å². The second-order valence-corrected chi connectivity index (χ2v) is 5.95. The lowest BCUT2D eigenvalue weighted by atomic mass is 10.1. The molecule has 0 aliphatic heterocycles. The fourth-order valence-electron chi connectivity index (χ4n) is 2.30. The highest BCUT2D eigenvalue weighted by Gasteiger charge is 2.13. The normalized spacial score (nSPS) is 10.5. The van der Waals surface area contributed by atoms with Gasteiger partial charge in [0, 0.05) is 17.8 Å². The van der Waals surface area contributed by atoms with E-state index in [0.717, 1.165) is 11.3 Å². The van der Waals surface area contributed by atoms with Crippen LogP contribution in [0.15, 0.2) is 58.2 Å². The third-order valence-corrected chi connectivity index (χ3v) is 4.26. The fourth-order valence-corrected chi connectivity index (χ4v) is 2.85. The van der Waals surface area contributed by atoms with Crippen molar-refractivity contribution in [3.8, 4) is 17.1 Å². The Labute approximate surface area is 149 Å². The van der Waals surface area contributed by atoms with E-state index in [1.54, 1.807) is 31.5 Å². The van der Waals surface area contributed by atoms with Crippen molar-refractivity contribution in [1.29, 1.82) is 0 Å². The topological polar surface area (TPSA) is 77.2 Å². The third kappa shape index (κ3) is 4.00. The number of nitrogens with zero attached hydrogens (tertiary/aromatic N) is 2. The Kier molecular flexibility index (Phi) is 5.35. The van der Waals surface area contributed by atoms with E-state index in [-0.39, 0.29) is 12.5 Å². The second-order valence-electron chi connectivity index (χ2n) is 5.16. The molecule has 0 saturated carbocycles. The molecule has 1 N–H and O–H groups in total. The molecular formula is C18H17N3O3S. The number of hydrogen-bond donors (Lipinski definition) is 1. The van der Waals surface area contributed by atoms with Crippen molar-refractivity contribution in [3.05, 3.63) is 59.9 Å². The first-order valence-corrected chi connectivity index (χ1v) is 8.81. The number of carbonyl (C=O) groups is 1. The van der Waals surface area contributed by atoms with Crippen LogP contribution in [-0.2, 0) is 6.54 Å². The molecule has 0 spiro atoms. The fraction of sp³-hybridized carbons (Fsp3) is 0.167. The molecular weight excluding hydrogens is 338 g/mol. The molecule has 1 aromatic carbocycles. The van der Waals surface area contributed by atoms with E-state index in [1.807, 2.05) is 30.5 Å². The largest absolute Gasteiger partial charge is 0.497 e. The summed E-state index contributed by atoms with van der Waals surface area (Å²) in [5, 5.41) is 7.53. The molecule has 0 aliphatic carbocycles. The van der Waals surface area contributed by atoms with Crippen molar-refractivity contribution in [2.24, 2.45) is 0 Å². The van der Waals surface area contributed by atoms with Crippen LogP contribution in [-0.4, -0.2) is 29.4 Å². The zero-order valence-corrected chi connectivity index (χ0v) is 14.7. The lowest BCUT2D eigenvalue weighted by molar-refractivity contribution is 0.0946. The summed E-state index contributed by atoms with van der Waals surface area (Å²) in [4.78, 5) is 16.5. The zero-order valence-electron chi connectivity index (χ0n) is 13.9. The summed E-state index contributed by atoms with van der Waals surface area (Å²) in [5.41, 5.74) is 2.05. The van der Waals surface area contributed by atoms with Crippen LogP contribution in [0.5, 0.6) is 5.75 Å². The lowest BCUT2D eigenvalue weighted by Gasteiger charge is -2.06. The predicted molar refractivity (Wildman–Crippen MR) is 95.7 cm³/mol. The van der Waals surface area contributed by atoms with E-state index in [2.05, 4.69) is 15.5 Å². The van der Waals surface area contributed by atoms with Crippen molar-refractivity contribution >= 4 is 17.7 Å². The van der Waals surface area contributed by atoms with E-state index in [4.69, 9.17) is 9.26 Å². The lowest BCUT2D eigenvalue weighted by Crippen LogP contribution is -2.23. The molecule has 0 saturated heterocycles. The third-order valence-electron chi connectivity index (χ3n) is 3.55. The van der Waals surface area contributed by atoms with Crippen LogP contribution in [0.1, 0.15) is 16.1 Å². The van der Waals surface area contributed by atoms with Gasteiger partial charge < -0.3 is 14.6 Å². The maximum atomic E-state index is 12.3. The van der Waals surface area contributed by atoms with Crippen LogP contribution in [0.25, 0.3) is 11.3 Å². The van der Waals surface area contributed by atoms with Gasteiger partial charge in [-0.05, 0) is 30.5 Å². The summed E-state index contributed by atoms with van der Waals surface area (Å²) in [6.45, 7) is 0.273. The average Bonchev–Trinajstić information content (AvgIpc) is 3.15. The van der Waals surface area contributed by atoms with Gasteiger partial charge in [-0.15, -0.1) is 11.8 Å². The van der Waals surface area contributed by atoms with Crippen molar-refractivity contribution in [3.63, 3.8) is 0 Å². The highest BCUT2D eigenvalue weighted by molar-refractivity contribution is 7.98. The van der Waals surface area contributed by atoms with Crippen LogP contribution in [0.4, 0.5) is 0 Å². The zero-order chi connectivity index (χ0) is 17.6. The van der Waals surface area contributed by atoms with Gasteiger partial charge in [0.15, 0.2) is 5.76 Å². The summed E-state index contributed by atoms with van der Waals surface area (Å²) in [5.74, 6) is 1.17. The summed E-state index contributed by atoms with van der Waals surface area (Å²) in [7, 11) is 1.61. The molecule has 0 atom stereocenters. The number of amides is 1. The number of pyridine rings is 1. The van der Waals surface area contributed by atoms with Crippen LogP contribution in [0.3, 0.4) is 0 Å². The quantitative estimate of drug-likeness (QED) is 0.683. The summed E-state index contributed by atoms with van der Waals surface area (Å²) in [6.07, 6.45) is 3.55. The molecule has 0 fully saturated rings. The number of thioether (sulfide) groups is 1. The molecule has 2 heterocycles. The second kappa shape index (κ2) is 7.85. The first-order chi connectivity index (χ1) is 12.2. The smallest absolute Gasteiger partial charge is 0.254 e. The Balaban J connectivity index is 1.68. The highest BCUT2D eigenvalue weighted by Crippen LogP contribution is 2.24. The van der Waals surface area contributed by atoms with Crippen molar-refractivity contribution < 1.29 is 14.1 Å². The molecule has 3 rings (SSSR count). The predicted octanol–water partition coefficient (Wildman–Crippen LogP) is 3.40. The molecule has 3 aromatic rings. The highest BCUT2D eigenvalue weighted by atomic mass is 32.2. The maximum Gasteiger partial charge on any atom is 0.254 e. The van der Waals surface area contributed by atoms with Crippen molar-refractivity contribution in [2.75, 3.05) is 13.4 Å². The van der Waals surface area contributed by atoms with Gasteiger partial charge in [0.2, 0.25) is 0 Å². The minimum Gasteiger partial charge on any atom is -0.497 e. The van der Waals surface area contributed by atoms with Gasteiger partial charge in [0.25, 0.3) is 5.91 Å². The summed E-state index contributed by atoms with van der Waals surface area (Å²) >= 11 is 1.43. The summed E-state index contributed by atoms with van der Waals surface area (Å²) in [6, 6.07) is 12.8.